The average molecular weight is 696 g/mol. The number of fused-ring (bicyclic) bond motifs is 4. The minimum atomic E-state index is -3.92. The maximum absolute atomic E-state index is 13.3. The highest BCUT2D eigenvalue weighted by atomic mass is 32.2. The molecule has 3 aliphatic rings. The van der Waals surface area contributed by atoms with E-state index in [0.717, 1.165) is 31.3 Å². The number of allylic oxidation sites excluding steroid dienone is 5. The Morgan fingerprint density at radius 1 is 0.898 bits per heavy atom. The van der Waals surface area contributed by atoms with E-state index in [2.05, 4.69) is 23.8 Å². The molecule has 1 aromatic rings. The quantitative estimate of drug-likeness (QED) is 0.149. The van der Waals surface area contributed by atoms with Crippen LogP contribution in [0.4, 0.5) is 0 Å². The molecule has 0 spiro atoms. The summed E-state index contributed by atoms with van der Waals surface area (Å²) in [5.74, 6) is -1.31. The first-order chi connectivity index (χ1) is 23.5. The first-order valence-corrected chi connectivity index (χ1v) is 18.6. The van der Waals surface area contributed by atoms with Crippen molar-refractivity contribution in [3.05, 3.63) is 90.6 Å². The van der Waals surface area contributed by atoms with E-state index in [-0.39, 0.29) is 47.9 Å². The van der Waals surface area contributed by atoms with Crippen LogP contribution in [0.25, 0.3) is 0 Å². The summed E-state index contributed by atoms with van der Waals surface area (Å²) in [5, 5.41) is 0. The van der Waals surface area contributed by atoms with E-state index in [4.69, 9.17) is 18.9 Å². The second-order valence-electron chi connectivity index (χ2n) is 13.0. The van der Waals surface area contributed by atoms with E-state index in [1.165, 1.54) is 25.3 Å². The van der Waals surface area contributed by atoms with E-state index >= 15 is 0 Å². The second-order valence-corrected chi connectivity index (χ2v) is 14.7. The monoisotopic (exact) mass is 695 g/mol. The minimum Gasteiger partial charge on any atom is -0.466 e. The molecule has 4 bridgehead atoms. The predicted molar refractivity (Wildman–Crippen MR) is 186 cm³/mol. The Morgan fingerprint density at radius 3 is 2.35 bits per heavy atom. The third-order valence-corrected chi connectivity index (χ3v) is 10.2. The van der Waals surface area contributed by atoms with Crippen molar-refractivity contribution in [3.63, 3.8) is 0 Å². The van der Waals surface area contributed by atoms with Crippen LogP contribution < -0.4 is 4.72 Å². The van der Waals surface area contributed by atoms with Gasteiger partial charge in [-0.25, -0.2) is 17.9 Å². The molecule has 1 amide bonds. The summed E-state index contributed by atoms with van der Waals surface area (Å²) in [6.45, 7) is 4.17. The SMILES string of the molecule is COC(=O)/C=C1\CC2CC(=O)OC(/C=C/C=C\C=C\CC(=O)NS(=O)(=O)c3ccccc3)C(C)/C=C/C(C)CC3CCCC(CC(C1)O2)O3. The molecule has 0 radical (unpaired) electrons. The Bertz CT molecular complexity index is 1530. The van der Waals surface area contributed by atoms with Crippen LogP contribution in [-0.4, -0.2) is 63.9 Å². The van der Waals surface area contributed by atoms with Crippen molar-refractivity contribution < 1.29 is 41.7 Å². The molecule has 11 heteroatoms. The molecular weight excluding hydrogens is 646 g/mol. The lowest BCUT2D eigenvalue weighted by molar-refractivity contribution is -0.154. The standard InChI is InChI=1S/C38H49NO9S/c1-27-19-20-28(2)35(17-10-5-4-6-11-18-36(40)39-49(43,44)34-15-8-7-9-16-34)48-38(42)26-33-23-29(24-37(41)45-3)22-32(47-33)25-31-14-12-13-30(21-27)46-31/h4-11,15-17,19-20,24,27-28,30-33,35H,12-14,18,21-23,25-26H2,1-3H3,(H,39,40)/b5-4-,11-6+,17-10+,20-19+,29-24-. The molecule has 1 N–H and O–H groups in total. The minimum absolute atomic E-state index is 0.0207. The number of hydrogen-bond donors (Lipinski definition) is 1. The Balaban J connectivity index is 1.41. The summed E-state index contributed by atoms with van der Waals surface area (Å²) in [4.78, 5) is 37.5. The number of methoxy groups -OCH3 is 1. The summed E-state index contributed by atoms with van der Waals surface area (Å²) in [6, 6.07) is 7.70. The smallest absolute Gasteiger partial charge is 0.330 e. The molecule has 7 unspecified atom stereocenters. The first-order valence-electron chi connectivity index (χ1n) is 17.1. The van der Waals surface area contributed by atoms with E-state index in [1.807, 2.05) is 13.0 Å². The number of benzene rings is 1. The second kappa shape index (κ2) is 18.8. The van der Waals surface area contributed by atoms with Crippen molar-refractivity contribution in [1.82, 2.24) is 4.72 Å². The van der Waals surface area contributed by atoms with Gasteiger partial charge in [-0.3, -0.25) is 9.59 Å². The fourth-order valence-corrected chi connectivity index (χ4v) is 7.36. The largest absolute Gasteiger partial charge is 0.466 e. The fraction of sp³-hybridized carbons (Fsp3) is 0.500. The zero-order valence-corrected chi connectivity index (χ0v) is 29.4. The van der Waals surface area contributed by atoms with Gasteiger partial charge in [0.1, 0.15) is 6.10 Å². The lowest BCUT2D eigenvalue weighted by atomic mass is 9.89. The Hall–Kier alpha value is -3.80. The topological polar surface area (TPSA) is 134 Å². The average Bonchev–Trinajstić information content (AvgIpc) is 3.06. The number of nitrogens with one attached hydrogen (secondary N) is 1. The van der Waals surface area contributed by atoms with Gasteiger partial charge < -0.3 is 18.9 Å². The molecule has 0 aliphatic carbocycles. The van der Waals surface area contributed by atoms with Crippen molar-refractivity contribution in [2.24, 2.45) is 11.8 Å². The highest BCUT2D eigenvalue weighted by Gasteiger charge is 2.33. The first kappa shape index (κ1) is 38.0. The van der Waals surface area contributed by atoms with E-state index in [9.17, 15) is 22.8 Å². The zero-order valence-electron chi connectivity index (χ0n) is 28.6. The van der Waals surface area contributed by atoms with Gasteiger partial charge in [-0.05, 0) is 62.7 Å². The van der Waals surface area contributed by atoms with Crippen LogP contribution in [0.3, 0.4) is 0 Å². The number of esters is 2. The molecule has 2 saturated heterocycles. The van der Waals surface area contributed by atoms with Gasteiger partial charge in [0.25, 0.3) is 10.0 Å². The van der Waals surface area contributed by atoms with Crippen LogP contribution in [0.15, 0.2) is 95.5 Å². The van der Waals surface area contributed by atoms with Gasteiger partial charge in [0.2, 0.25) is 5.91 Å². The summed E-state index contributed by atoms with van der Waals surface area (Å²) in [6.07, 6.45) is 20.7. The van der Waals surface area contributed by atoms with Gasteiger partial charge in [0, 0.05) is 24.8 Å². The van der Waals surface area contributed by atoms with Crippen LogP contribution >= 0.6 is 0 Å². The van der Waals surface area contributed by atoms with Crippen molar-refractivity contribution >= 4 is 27.9 Å². The number of hydrogen-bond acceptors (Lipinski definition) is 9. The summed E-state index contributed by atoms with van der Waals surface area (Å²) in [7, 11) is -2.57. The summed E-state index contributed by atoms with van der Waals surface area (Å²) < 4.78 is 50.5. The number of sulfonamides is 1. The fourth-order valence-electron chi connectivity index (χ4n) is 6.34. The van der Waals surface area contributed by atoms with Crippen molar-refractivity contribution in [2.45, 2.75) is 107 Å². The molecule has 3 aliphatic heterocycles. The van der Waals surface area contributed by atoms with Crippen LogP contribution in [0.2, 0.25) is 0 Å². The molecule has 0 aromatic heterocycles. The Morgan fingerprint density at radius 2 is 1.59 bits per heavy atom. The van der Waals surface area contributed by atoms with Crippen molar-refractivity contribution in [1.29, 1.82) is 0 Å². The maximum Gasteiger partial charge on any atom is 0.330 e. The molecule has 0 saturated carbocycles. The van der Waals surface area contributed by atoms with Crippen LogP contribution in [0, 0.1) is 11.8 Å². The number of carbonyl (C=O) groups is 3. The van der Waals surface area contributed by atoms with Gasteiger partial charge in [0.05, 0.1) is 42.8 Å². The Kier molecular flexibility index (Phi) is 14.6. The molecule has 2 fully saturated rings. The van der Waals surface area contributed by atoms with E-state index < -0.39 is 40.1 Å². The van der Waals surface area contributed by atoms with E-state index in [1.54, 1.807) is 48.6 Å². The summed E-state index contributed by atoms with van der Waals surface area (Å²) >= 11 is 0. The van der Waals surface area contributed by atoms with Crippen LogP contribution in [0.5, 0.6) is 0 Å². The summed E-state index contributed by atoms with van der Waals surface area (Å²) in [5.41, 5.74) is 0.893. The molecule has 49 heavy (non-hydrogen) atoms. The van der Waals surface area contributed by atoms with Gasteiger partial charge in [-0.2, -0.15) is 0 Å². The Labute approximate surface area is 290 Å². The highest BCUT2D eigenvalue weighted by molar-refractivity contribution is 7.90. The van der Waals surface area contributed by atoms with Crippen molar-refractivity contribution in [2.75, 3.05) is 7.11 Å². The normalized spacial score (nSPS) is 30.3. The van der Waals surface area contributed by atoms with Gasteiger partial charge in [0.15, 0.2) is 0 Å². The van der Waals surface area contributed by atoms with Crippen molar-refractivity contribution in [3.8, 4) is 0 Å². The lowest BCUT2D eigenvalue weighted by Crippen LogP contribution is -2.37. The molecule has 7 atom stereocenters. The molecule has 1 aromatic carbocycles. The predicted octanol–water partition coefficient (Wildman–Crippen LogP) is 6.06. The van der Waals surface area contributed by atoms with Crippen LogP contribution in [-0.2, 0) is 43.4 Å². The third-order valence-electron chi connectivity index (χ3n) is 8.78. The molecule has 3 heterocycles. The number of amides is 1. The number of carbonyl (C=O) groups excluding carboxylic acids is 3. The number of cyclic esters (lactones) is 1. The lowest BCUT2D eigenvalue weighted by Gasteiger charge is -2.37. The number of rotatable bonds is 8. The molecule has 10 nitrogen and oxygen atoms in total. The number of ether oxygens (including phenoxy) is 4. The highest BCUT2D eigenvalue weighted by Crippen LogP contribution is 2.33. The van der Waals surface area contributed by atoms with Crippen LogP contribution in [0.1, 0.15) is 71.6 Å². The molecular formula is C38H49NO9S. The third kappa shape index (κ3) is 12.9. The molecule has 266 valence electrons. The van der Waals surface area contributed by atoms with Gasteiger partial charge in [-0.15, -0.1) is 0 Å². The van der Waals surface area contributed by atoms with E-state index in [0.29, 0.717) is 19.3 Å². The maximum atomic E-state index is 13.3. The molecule has 4 rings (SSSR count). The zero-order chi connectivity index (χ0) is 35.2. The van der Waals surface area contributed by atoms with Gasteiger partial charge in [-0.1, -0.05) is 80.2 Å². The van der Waals surface area contributed by atoms with Gasteiger partial charge >= 0.3 is 11.9 Å².